The zero-order valence-electron chi connectivity index (χ0n) is 11.2. The number of anilines is 1. The predicted molar refractivity (Wildman–Crippen MR) is 75.8 cm³/mol. The van der Waals surface area contributed by atoms with E-state index in [1.54, 1.807) is 23.1 Å². The summed E-state index contributed by atoms with van der Waals surface area (Å²) in [7, 11) is 0. The van der Waals surface area contributed by atoms with E-state index in [1.807, 2.05) is 0 Å². The Hall–Kier alpha value is -2.65. The van der Waals surface area contributed by atoms with Crippen molar-refractivity contribution in [2.45, 2.75) is 13.0 Å². The van der Waals surface area contributed by atoms with Crippen LogP contribution in [-0.2, 0) is 11.3 Å². The van der Waals surface area contributed by atoms with Crippen LogP contribution in [-0.4, -0.2) is 27.4 Å². The van der Waals surface area contributed by atoms with Gasteiger partial charge in [0.1, 0.15) is 12.4 Å². The Morgan fingerprint density at radius 3 is 3.05 bits per heavy atom. The monoisotopic (exact) mass is 287 g/mol. The molecular weight excluding hydrogens is 273 g/mol. The Morgan fingerprint density at radius 2 is 2.33 bits per heavy atom. The van der Waals surface area contributed by atoms with Crippen LogP contribution in [0.4, 0.5) is 10.1 Å². The van der Waals surface area contributed by atoms with Gasteiger partial charge in [-0.3, -0.25) is 9.48 Å². The van der Waals surface area contributed by atoms with Crippen molar-refractivity contribution in [2.75, 3.05) is 11.9 Å². The van der Waals surface area contributed by atoms with Crippen LogP contribution < -0.4 is 5.32 Å². The summed E-state index contributed by atoms with van der Waals surface area (Å²) in [6, 6.07) is 5.68. The molecule has 0 bridgehead atoms. The maximum atomic E-state index is 13.2. The lowest BCUT2D eigenvalue weighted by molar-refractivity contribution is -0.116. The minimum Gasteiger partial charge on any atom is -0.384 e. The van der Waals surface area contributed by atoms with Gasteiger partial charge in [0, 0.05) is 25.4 Å². The standard InChI is InChI=1S/C15H14FN3O2/c16-13-4-5-14(12(11-13)3-1-10-20)18-15(21)6-9-19-8-2-7-17-19/h2,4-5,7-8,11,20H,6,9-10H2,(H,18,21). The van der Waals surface area contributed by atoms with E-state index in [2.05, 4.69) is 22.3 Å². The van der Waals surface area contributed by atoms with Gasteiger partial charge in [-0.1, -0.05) is 11.8 Å². The topological polar surface area (TPSA) is 67.2 Å². The second-order valence-corrected chi connectivity index (χ2v) is 4.22. The Labute approximate surface area is 121 Å². The Balaban J connectivity index is 2.02. The molecule has 0 atom stereocenters. The molecule has 108 valence electrons. The van der Waals surface area contributed by atoms with Crippen LogP contribution in [0.1, 0.15) is 12.0 Å². The molecule has 0 aliphatic heterocycles. The number of amides is 1. The van der Waals surface area contributed by atoms with Gasteiger partial charge < -0.3 is 10.4 Å². The highest BCUT2D eigenvalue weighted by Gasteiger charge is 2.07. The highest BCUT2D eigenvalue weighted by molar-refractivity contribution is 5.92. The second kappa shape index (κ2) is 7.22. The van der Waals surface area contributed by atoms with Gasteiger partial charge in [-0.05, 0) is 24.3 Å². The van der Waals surface area contributed by atoms with Crippen LogP contribution >= 0.6 is 0 Å². The van der Waals surface area contributed by atoms with Gasteiger partial charge in [-0.15, -0.1) is 0 Å². The summed E-state index contributed by atoms with van der Waals surface area (Å²) in [4.78, 5) is 11.9. The average molecular weight is 287 g/mol. The number of aryl methyl sites for hydroxylation is 1. The number of halogens is 1. The minimum absolute atomic E-state index is 0.218. The fourth-order valence-corrected chi connectivity index (χ4v) is 1.73. The van der Waals surface area contributed by atoms with Crippen LogP contribution in [0.15, 0.2) is 36.7 Å². The molecule has 0 spiro atoms. The quantitative estimate of drug-likeness (QED) is 0.835. The smallest absolute Gasteiger partial charge is 0.226 e. The minimum atomic E-state index is -0.452. The number of carbonyl (C=O) groups excluding carboxylic acids is 1. The molecule has 1 aromatic heterocycles. The zero-order chi connectivity index (χ0) is 15.1. The summed E-state index contributed by atoms with van der Waals surface area (Å²) in [6.07, 6.45) is 3.65. The van der Waals surface area contributed by atoms with Crippen molar-refractivity contribution in [1.29, 1.82) is 0 Å². The third-order valence-corrected chi connectivity index (χ3v) is 2.68. The van der Waals surface area contributed by atoms with Gasteiger partial charge in [0.15, 0.2) is 0 Å². The number of carbonyl (C=O) groups is 1. The molecule has 0 radical (unpaired) electrons. The van der Waals surface area contributed by atoms with Gasteiger partial charge >= 0.3 is 0 Å². The van der Waals surface area contributed by atoms with Gasteiger partial charge in [0.25, 0.3) is 0 Å². The maximum Gasteiger partial charge on any atom is 0.226 e. The third kappa shape index (κ3) is 4.44. The Bertz CT molecular complexity index is 672. The number of hydrogen-bond acceptors (Lipinski definition) is 3. The molecule has 0 fully saturated rings. The first-order chi connectivity index (χ1) is 10.2. The molecule has 2 N–H and O–H groups in total. The first-order valence-corrected chi connectivity index (χ1v) is 6.35. The van der Waals surface area contributed by atoms with Crippen LogP contribution in [0.5, 0.6) is 0 Å². The molecule has 1 amide bonds. The van der Waals surface area contributed by atoms with Crippen molar-refractivity contribution in [2.24, 2.45) is 0 Å². The molecule has 0 saturated carbocycles. The maximum absolute atomic E-state index is 13.2. The number of aromatic nitrogens is 2. The van der Waals surface area contributed by atoms with Gasteiger partial charge in [-0.2, -0.15) is 5.10 Å². The lowest BCUT2D eigenvalue weighted by atomic mass is 10.1. The fraction of sp³-hybridized carbons (Fsp3) is 0.200. The van der Waals surface area contributed by atoms with Gasteiger partial charge in [0.05, 0.1) is 11.3 Å². The molecule has 1 heterocycles. The summed E-state index contributed by atoms with van der Waals surface area (Å²) in [6.45, 7) is 0.126. The van der Waals surface area contributed by atoms with Crippen molar-refractivity contribution in [1.82, 2.24) is 9.78 Å². The highest BCUT2D eigenvalue weighted by Crippen LogP contribution is 2.16. The van der Waals surface area contributed by atoms with Crippen molar-refractivity contribution in [3.8, 4) is 11.8 Å². The van der Waals surface area contributed by atoms with Crippen LogP contribution in [0, 0.1) is 17.7 Å². The molecule has 0 saturated heterocycles. The van der Waals surface area contributed by atoms with E-state index in [1.165, 1.54) is 18.2 Å². The predicted octanol–water partition coefficient (Wildman–Crippen LogP) is 1.39. The molecule has 2 aromatic rings. The lowest BCUT2D eigenvalue weighted by Gasteiger charge is -2.08. The molecule has 21 heavy (non-hydrogen) atoms. The van der Waals surface area contributed by atoms with Gasteiger partial charge in [0.2, 0.25) is 5.91 Å². The molecular formula is C15H14FN3O2. The summed E-state index contributed by atoms with van der Waals surface area (Å²) < 4.78 is 14.8. The Morgan fingerprint density at radius 1 is 1.48 bits per heavy atom. The number of nitrogens with zero attached hydrogens (tertiary/aromatic N) is 2. The van der Waals surface area contributed by atoms with Crippen LogP contribution in [0.2, 0.25) is 0 Å². The SMILES string of the molecule is O=C(CCn1cccn1)Nc1ccc(F)cc1C#CCO. The molecule has 1 aromatic carbocycles. The molecule has 0 aliphatic carbocycles. The van der Waals surface area contributed by atoms with Crippen LogP contribution in [0.3, 0.4) is 0 Å². The van der Waals surface area contributed by atoms with E-state index in [9.17, 15) is 9.18 Å². The van der Waals surface area contributed by atoms with Crippen molar-refractivity contribution >= 4 is 11.6 Å². The number of rotatable bonds is 4. The average Bonchev–Trinajstić information content (AvgIpc) is 2.98. The van der Waals surface area contributed by atoms with E-state index in [4.69, 9.17) is 5.11 Å². The normalized spacial score (nSPS) is 9.81. The first-order valence-electron chi connectivity index (χ1n) is 6.35. The van der Waals surface area contributed by atoms with E-state index >= 15 is 0 Å². The molecule has 6 heteroatoms. The number of aliphatic hydroxyl groups is 1. The zero-order valence-corrected chi connectivity index (χ0v) is 11.2. The second-order valence-electron chi connectivity index (χ2n) is 4.22. The summed E-state index contributed by atoms with van der Waals surface area (Å²) in [5.74, 6) is 4.37. The Kier molecular flexibility index (Phi) is 5.07. The fourth-order valence-electron chi connectivity index (χ4n) is 1.73. The third-order valence-electron chi connectivity index (χ3n) is 2.68. The summed E-state index contributed by atoms with van der Waals surface area (Å²) in [5, 5.41) is 15.4. The van der Waals surface area contributed by atoms with Crippen LogP contribution in [0.25, 0.3) is 0 Å². The number of benzene rings is 1. The summed E-state index contributed by atoms with van der Waals surface area (Å²) >= 11 is 0. The number of nitrogens with one attached hydrogen (secondary N) is 1. The van der Waals surface area contributed by atoms with E-state index < -0.39 is 5.82 Å². The van der Waals surface area contributed by atoms with Crippen molar-refractivity contribution in [3.05, 3.63) is 48.0 Å². The molecule has 5 nitrogen and oxygen atoms in total. The lowest BCUT2D eigenvalue weighted by Crippen LogP contribution is -2.15. The van der Waals surface area contributed by atoms with Crippen molar-refractivity contribution < 1.29 is 14.3 Å². The highest BCUT2D eigenvalue weighted by atomic mass is 19.1. The largest absolute Gasteiger partial charge is 0.384 e. The number of aliphatic hydroxyl groups excluding tert-OH is 1. The van der Waals surface area contributed by atoms with E-state index in [0.717, 1.165) is 0 Å². The van der Waals surface area contributed by atoms with Gasteiger partial charge in [-0.25, -0.2) is 4.39 Å². The number of hydrogen-bond donors (Lipinski definition) is 2. The van der Waals surface area contributed by atoms with E-state index in [-0.39, 0.29) is 18.9 Å². The molecule has 0 unspecified atom stereocenters. The summed E-state index contributed by atoms with van der Waals surface area (Å²) in [5.41, 5.74) is 0.749. The van der Waals surface area contributed by atoms with Crippen molar-refractivity contribution in [3.63, 3.8) is 0 Å². The molecule has 2 rings (SSSR count). The first kappa shape index (κ1) is 14.8. The molecule has 0 aliphatic rings. The van der Waals surface area contributed by atoms with E-state index in [0.29, 0.717) is 17.8 Å².